The molecule has 8 heteroatoms. The van der Waals surface area contributed by atoms with Gasteiger partial charge in [-0.25, -0.2) is 9.78 Å². The van der Waals surface area contributed by atoms with Crippen LogP contribution in [0.5, 0.6) is 0 Å². The molecular weight excluding hydrogens is 286 g/mol. The standard InChI is InChI=1S/C14H21N5O3/c1-4-18-12-11(13(20)17(2)14(18)21)19(9-5-6-15-7-9)10(16-12)8-22-3/h9,15H,4-8H2,1-3H3. The van der Waals surface area contributed by atoms with Crippen LogP contribution in [0.4, 0.5) is 0 Å². The van der Waals surface area contributed by atoms with Crippen molar-refractivity contribution in [1.82, 2.24) is 24.0 Å². The molecular formula is C14H21N5O3. The highest BCUT2D eigenvalue weighted by atomic mass is 16.5. The maximum Gasteiger partial charge on any atom is 0.332 e. The predicted molar refractivity (Wildman–Crippen MR) is 82.1 cm³/mol. The number of ether oxygens (including phenoxy) is 1. The van der Waals surface area contributed by atoms with Crippen LogP contribution in [-0.2, 0) is 24.9 Å². The second kappa shape index (κ2) is 5.69. The van der Waals surface area contributed by atoms with E-state index in [1.54, 1.807) is 7.11 Å². The molecule has 1 atom stereocenters. The minimum absolute atomic E-state index is 0.158. The van der Waals surface area contributed by atoms with Crippen LogP contribution >= 0.6 is 0 Å². The van der Waals surface area contributed by atoms with Gasteiger partial charge >= 0.3 is 5.69 Å². The van der Waals surface area contributed by atoms with Gasteiger partial charge in [-0.2, -0.15) is 0 Å². The second-order valence-corrected chi connectivity index (χ2v) is 5.54. The van der Waals surface area contributed by atoms with Crippen molar-refractivity contribution in [2.75, 3.05) is 20.2 Å². The van der Waals surface area contributed by atoms with E-state index in [-0.39, 0.29) is 17.3 Å². The van der Waals surface area contributed by atoms with Crippen LogP contribution in [0.25, 0.3) is 11.2 Å². The first-order valence-corrected chi connectivity index (χ1v) is 7.50. The summed E-state index contributed by atoms with van der Waals surface area (Å²) in [5.74, 6) is 0.691. The normalized spacial score (nSPS) is 18.4. The fraction of sp³-hybridized carbons (Fsp3) is 0.643. The van der Waals surface area contributed by atoms with E-state index in [1.807, 2.05) is 11.5 Å². The second-order valence-electron chi connectivity index (χ2n) is 5.54. The van der Waals surface area contributed by atoms with Crippen LogP contribution in [0.15, 0.2) is 9.59 Å². The van der Waals surface area contributed by atoms with Gasteiger partial charge < -0.3 is 14.6 Å². The Balaban J connectivity index is 2.40. The molecule has 1 unspecified atom stereocenters. The van der Waals surface area contributed by atoms with Gasteiger partial charge in [-0.3, -0.25) is 13.9 Å². The lowest BCUT2D eigenvalue weighted by Crippen LogP contribution is -2.38. The molecule has 0 saturated carbocycles. The average molecular weight is 307 g/mol. The van der Waals surface area contributed by atoms with E-state index in [0.29, 0.717) is 30.1 Å². The number of aryl methyl sites for hydroxylation is 1. The van der Waals surface area contributed by atoms with Gasteiger partial charge in [0.05, 0.1) is 0 Å². The molecule has 3 heterocycles. The molecule has 0 bridgehead atoms. The summed E-state index contributed by atoms with van der Waals surface area (Å²) in [6.07, 6.45) is 0.927. The Morgan fingerprint density at radius 3 is 2.77 bits per heavy atom. The smallest absolute Gasteiger partial charge is 0.332 e. The predicted octanol–water partition coefficient (Wildman–Crippen LogP) is -0.403. The number of nitrogens with one attached hydrogen (secondary N) is 1. The number of methoxy groups -OCH3 is 1. The third kappa shape index (κ3) is 2.10. The van der Waals surface area contributed by atoms with Crippen LogP contribution in [0.2, 0.25) is 0 Å². The maximum atomic E-state index is 12.6. The molecule has 1 N–H and O–H groups in total. The minimum atomic E-state index is -0.335. The summed E-state index contributed by atoms with van der Waals surface area (Å²) >= 11 is 0. The van der Waals surface area contributed by atoms with Gasteiger partial charge in [0.15, 0.2) is 11.2 Å². The largest absolute Gasteiger partial charge is 0.377 e. The van der Waals surface area contributed by atoms with Gasteiger partial charge in [-0.05, 0) is 19.9 Å². The highest BCUT2D eigenvalue weighted by Crippen LogP contribution is 2.23. The lowest BCUT2D eigenvalue weighted by Gasteiger charge is -2.15. The summed E-state index contributed by atoms with van der Waals surface area (Å²) < 4.78 is 9.87. The SMILES string of the molecule is CCn1c(=O)n(C)c(=O)c2c1nc(COC)n2C1CCNC1. The monoisotopic (exact) mass is 307 g/mol. The number of hydrogen-bond donors (Lipinski definition) is 1. The molecule has 8 nitrogen and oxygen atoms in total. The lowest BCUT2D eigenvalue weighted by atomic mass is 10.2. The van der Waals surface area contributed by atoms with Gasteiger partial charge in [0.1, 0.15) is 12.4 Å². The molecule has 1 aliphatic heterocycles. The summed E-state index contributed by atoms with van der Waals surface area (Å²) in [5.41, 5.74) is 0.309. The maximum absolute atomic E-state index is 12.6. The van der Waals surface area contributed by atoms with Crippen molar-refractivity contribution < 1.29 is 4.74 Å². The van der Waals surface area contributed by atoms with E-state index in [0.717, 1.165) is 24.1 Å². The highest BCUT2D eigenvalue weighted by Gasteiger charge is 2.26. The first-order valence-electron chi connectivity index (χ1n) is 7.50. The molecule has 1 saturated heterocycles. The zero-order chi connectivity index (χ0) is 15.9. The van der Waals surface area contributed by atoms with E-state index >= 15 is 0 Å². The van der Waals surface area contributed by atoms with Crippen molar-refractivity contribution in [3.05, 3.63) is 26.7 Å². The Bertz CT molecular complexity index is 810. The van der Waals surface area contributed by atoms with Crippen molar-refractivity contribution in [2.24, 2.45) is 7.05 Å². The third-order valence-corrected chi connectivity index (χ3v) is 4.24. The molecule has 120 valence electrons. The summed E-state index contributed by atoms with van der Waals surface area (Å²) in [6, 6.07) is 0.158. The van der Waals surface area contributed by atoms with Gasteiger partial charge in [0, 0.05) is 33.3 Å². The molecule has 3 rings (SSSR count). The topological polar surface area (TPSA) is 83.1 Å². The first-order chi connectivity index (χ1) is 10.6. The zero-order valence-electron chi connectivity index (χ0n) is 13.1. The Hall–Kier alpha value is -1.93. The van der Waals surface area contributed by atoms with Crippen LogP contribution in [-0.4, -0.2) is 38.9 Å². The number of rotatable bonds is 4. The van der Waals surface area contributed by atoms with Crippen molar-refractivity contribution >= 4 is 11.2 Å². The number of aromatic nitrogens is 4. The van der Waals surface area contributed by atoms with Crippen LogP contribution in [0.1, 0.15) is 25.2 Å². The summed E-state index contributed by atoms with van der Waals surface area (Å²) in [5, 5.41) is 3.30. The molecule has 0 amide bonds. The molecule has 22 heavy (non-hydrogen) atoms. The molecule has 2 aromatic heterocycles. The number of fused-ring (bicyclic) bond motifs is 1. The van der Waals surface area contributed by atoms with Gasteiger partial charge in [0.2, 0.25) is 0 Å². The average Bonchev–Trinajstić information content (AvgIpc) is 3.13. The van der Waals surface area contributed by atoms with E-state index in [9.17, 15) is 9.59 Å². The van der Waals surface area contributed by atoms with E-state index in [2.05, 4.69) is 10.3 Å². The lowest BCUT2D eigenvalue weighted by molar-refractivity contribution is 0.173. The highest BCUT2D eigenvalue weighted by molar-refractivity contribution is 5.71. The van der Waals surface area contributed by atoms with Gasteiger partial charge in [-0.15, -0.1) is 0 Å². The van der Waals surface area contributed by atoms with Crippen molar-refractivity contribution in [2.45, 2.75) is 32.5 Å². The minimum Gasteiger partial charge on any atom is -0.377 e. The fourth-order valence-electron chi connectivity index (χ4n) is 3.14. The van der Waals surface area contributed by atoms with E-state index in [1.165, 1.54) is 11.6 Å². The summed E-state index contributed by atoms with van der Waals surface area (Å²) in [4.78, 5) is 29.4. The molecule has 0 spiro atoms. The van der Waals surface area contributed by atoms with Crippen LogP contribution in [0.3, 0.4) is 0 Å². The Morgan fingerprint density at radius 2 is 2.18 bits per heavy atom. The third-order valence-electron chi connectivity index (χ3n) is 4.24. The van der Waals surface area contributed by atoms with Gasteiger partial charge in [0.25, 0.3) is 5.56 Å². The molecule has 0 radical (unpaired) electrons. The number of nitrogens with zero attached hydrogens (tertiary/aromatic N) is 4. The summed E-state index contributed by atoms with van der Waals surface area (Å²) in [6.45, 7) is 4.35. The number of hydrogen-bond acceptors (Lipinski definition) is 5. The molecule has 0 aliphatic carbocycles. The Morgan fingerprint density at radius 1 is 1.41 bits per heavy atom. The Labute approximate surface area is 127 Å². The first kappa shape index (κ1) is 15.0. The quantitative estimate of drug-likeness (QED) is 0.831. The molecule has 0 aromatic carbocycles. The zero-order valence-corrected chi connectivity index (χ0v) is 13.1. The van der Waals surface area contributed by atoms with Crippen LogP contribution < -0.4 is 16.6 Å². The van der Waals surface area contributed by atoms with Crippen molar-refractivity contribution in [1.29, 1.82) is 0 Å². The van der Waals surface area contributed by atoms with Crippen molar-refractivity contribution in [3.63, 3.8) is 0 Å². The van der Waals surface area contributed by atoms with Gasteiger partial charge in [-0.1, -0.05) is 0 Å². The Kier molecular flexibility index (Phi) is 3.88. The van der Waals surface area contributed by atoms with Crippen LogP contribution in [0, 0.1) is 0 Å². The molecule has 1 aliphatic rings. The number of imidazole rings is 1. The molecule has 1 fully saturated rings. The van der Waals surface area contributed by atoms with E-state index < -0.39 is 0 Å². The van der Waals surface area contributed by atoms with Crippen molar-refractivity contribution in [3.8, 4) is 0 Å². The summed E-state index contributed by atoms with van der Waals surface area (Å²) in [7, 11) is 3.11. The molecule has 2 aromatic rings. The fourth-order valence-corrected chi connectivity index (χ4v) is 3.14. The van der Waals surface area contributed by atoms with E-state index in [4.69, 9.17) is 4.74 Å².